The zero-order chi connectivity index (χ0) is 24.6. The molecule has 2 amide bonds. The average molecular weight is 496 g/mol. The molecule has 3 aliphatic carbocycles. The number of benzene rings is 3. The Bertz CT molecular complexity index is 1460. The van der Waals surface area contributed by atoms with Crippen molar-refractivity contribution in [2.24, 2.45) is 11.8 Å². The first-order valence-electron chi connectivity index (χ1n) is 11.7. The molecule has 36 heavy (non-hydrogen) atoms. The summed E-state index contributed by atoms with van der Waals surface area (Å²) in [5, 5.41) is 0.313. The molecule has 1 saturated heterocycles. The Balaban J connectivity index is 1.35. The highest BCUT2D eigenvalue weighted by atomic mass is 35.5. The van der Waals surface area contributed by atoms with Crippen LogP contribution in [-0.2, 0) is 9.59 Å². The molecule has 4 aromatic rings. The molecular weight excluding hydrogens is 478 g/mol. The molecule has 0 unspecified atom stereocenters. The van der Waals surface area contributed by atoms with Gasteiger partial charge in [0.15, 0.2) is 5.75 Å². The first-order chi connectivity index (χ1) is 17.5. The normalized spacial score (nSPS) is 23.3. The molecule has 0 N–H and O–H groups in total. The fraction of sp³-hybridized carbons (Fsp3) is 0.138. The van der Waals surface area contributed by atoms with Crippen LogP contribution in [0.15, 0.2) is 89.5 Å². The van der Waals surface area contributed by atoms with Crippen LogP contribution in [-0.4, -0.2) is 17.8 Å². The van der Waals surface area contributed by atoms with E-state index < -0.39 is 17.8 Å². The van der Waals surface area contributed by atoms with Crippen molar-refractivity contribution in [2.45, 2.75) is 11.8 Å². The zero-order valence-electron chi connectivity index (χ0n) is 18.8. The van der Waals surface area contributed by atoms with E-state index in [2.05, 4.69) is 24.3 Å². The van der Waals surface area contributed by atoms with Crippen LogP contribution in [0.25, 0.3) is 0 Å². The smallest absolute Gasteiger partial charge is 0.379 e. The van der Waals surface area contributed by atoms with Gasteiger partial charge in [-0.1, -0.05) is 60.1 Å². The Labute approximate surface area is 211 Å². The van der Waals surface area contributed by atoms with E-state index in [0.29, 0.717) is 5.02 Å². The highest BCUT2D eigenvalue weighted by Crippen LogP contribution is 2.61. The lowest BCUT2D eigenvalue weighted by molar-refractivity contribution is -0.122. The van der Waals surface area contributed by atoms with Crippen LogP contribution in [0.4, 0.5) is 5.69 Å². The molecule has 0 spiro atoms. The molecule has 2 atom stereocenters. The molecule has 4 aliphatic rings. The van der Waals surface area contributed by atoms with Gasteiger partial charge in [0.1, 0.15) is 0 Å². The number of carbonyl (C=O) groups is 3. The van der Waals surface area contributed by atoms with Gasteiger partial charge >= 0.3 is 5.97 Å². The minimum atomic E-state index is -0.736. The molecule has 2 heterocycles. The molecule has 1 aromatic heterocycles. The van der Waals surface area contributed by atoms with Gasteiger partial charge in [-0.2, -0.15) is 0 Å². The lowest BCUT2D eigenvalue weighted by atomic mass is 9.55. The quantitative estimate of drug-likeness (QED) is 0.211. The van der Waals surface area contributed by atoms with Crippen molar-refractivity contribution in [1.29, 1.82) is 0 Å². The van der Waals surface area contributed by atoms with Crippen molar-refractivity contribution in [1.82, 2.24) is 0 Å². The van der Waals surface area contributed by atoms with E-state index in [0.717, 1.165) is 27.2 Å². The number of hydrogen-bond acceptors (Lipinski definition) is 5. The minimum Gasteiger partial charge on any atom is -0.457 e. The van der Waals surface area contributed by atoms with E-state index in [9.17, 15) is 14.4 Å². The molecule has 7 heteroatoms. The van der Waals surface area contributed by atoms with Crippen LogP contribution in [0.3, 0.4) is 0 Å². The summed E-state index contributed by atoms with van der Waals surface area (Å²) in [6.45, 7) is 0. The standard InChI is InChI=1S/C29H18ClNO5/c30-15-11-12-21(36-29(34)22-10-5-13-35-22)20(14-15)31-27(32)25-23-16-6-1-2-7-17(16)24(26(25)28(31)33)19-9-4-3-8-18(19)23/h1-14,23-26H/t23?,24?,25-,26-/m1/s1. The van der Waals surface area contributed by atoms with E-state index in [1.165, 1.54) is 24.5 Å². The summed E-state index contributed by atoms with van der Waals surface area (Å²) in [4.78, 5) is 41.9. The number of amides is 2. The minimum absolute atomic E-state index is 0.00703. The Hall–Kier alpha value is -4.16. The number of halogens is 1. The fourth-order valence-corrected chi connectivity index (χ4v) is 6.38. The summed E-state index contributed by atoms with van der Waals surface area (Å²) in [7, 11) is 0. The molecule has 176 valence electrons. The molecule has 3 aromatic carbocycles. The highest BCUT2D eigenvalue weighted by molar-refractivity contribution is 6.32. The number of hydrogen-bond donors (Lipinski definition) is 0. The lowest BCUT2D eigenvalue weighted by Crippen LogP contribution is -2.41. The molecule has 8 rings (SSSR count). The first kappa shape index (κ1) is 21.1. The molecule has 0 saturated carbocycles. The molecule has 1 fully saturated rings. The zero-order valence-corrected chi connectivity index (χ0v) is 19.5. The Morgan fingerprint density at radius 3 is 1.83 bits per heavy atom. The van der Waals surface area contributed by atoms with Crippen LogP contribution < -0.4 is 9.64 Å². The number of imide groups is 1. The summed E-state index contributed by atoms with van der Waals surface area (Å²) in [6, 6.07) is 23.7. The second-order valence-corrected chi connectivity index (χ2v) is 9.69. The third-order valence-electron chi connectivity index (χ3n) is 7.54. The van der Waals surface area contributed by atoms with E-state index in [4.69, 9.17) is 20.8 Å². The van der Waals surface area contributed by atoms with Gasteiger partial charge in [-0.15, -0.1) is 0 Å². The maximum absolute atomic E-state index is 14.0. The summed E-state index contributed by atoms with van der Waals surface area (Å²) in [5.41, 5.74) is 4.49. The maximum atomic E-state index is 14.0. The predicted octanol–water partition coefficient (Wildman–Crippen LogP) is 5.55. The van der Waals surface area contributed by atoms with Crippen molar-refractivity contribution in [3.05, 3.63) is 118 Å². The fourth-order valence-electron chi connectivity index (χ4n) is 6.21. The van der Waals surface area contributed by atoms with E-state index in [1.807, 2.05) is 24.3 Å². The number of ether oxygens (including phenoxy) is 1. The number of rotatable bonds is 3. The summed E-state index contributed by atoms with van der Waals surface area (Å²) >= 11 is 6.29. The van der Waals surface area contributed by atoms with Crippen LogP contribution >= 0.6 is 11.6 Å². The van der Waals surface area contributed by atoms with Gasteiger partial charge in [-0.05, 0) is 52.6 Å². The number of carbonyl (C=O) groups excluding carboxylic acids is 3. The van der Waals surface area contributed by atoms with Crippen molar-refractivity contribution >= 4 is 35.1 Å². The molecule has 6 nitrogen and oxygen atoms in total. The molecule has 2 bridgehead atoms. The summed E-state index contributed by atoms with van der Waals surface area (Å²) in [5.74, 6) is -2.89. The Morgan fingerprint density at radius 2 is 1.33 bits per heavy atom. The monoisotopic (exact) mass is 495 g/mol. The highest BCUT2D eigenvalue weighted by Gasteiger charge is 2.62. The molecule has 1 aliphatic heterocycles. The van der Waals surface area contributed by atoms with Gasteiger partial charge in [-0.3, -0.25) is 9.59 Å². The van der Waals surface area contributed by atoms with Gasteiger partial charge in [0.05, 0.1) is 23.8 Å². The Kier molecular flexibility index (Phi) is 4.51. The van der Waals surface area contributed by atoms with Crippen molar-refractivity contribution in [3.63, 3.8) is 0 Å². The number of esters is 1. The van der Waals surface area contributed by atoms with Gasteiger partial charge in [0.25, 0.3) is 0 Å². The average Bonchev–Trinajstić information content (AvgIpc) is 3.53. The molecule has 0 radical (unpaired) electrons. The number of anilines is 1. The van der Waals surface area contributed by atoms with Gasteiger partial charge in [0.2, 0.25) is 17.6 Å². The SMILES string of the molecule is O=C(Oc1ccc(Cl)cc1N1C(=O)[C@@H]2C3c4ccccc4C(c4ccccc43)[C@H]2C1=O)c1ccco1. The van der Waals surface area contributed by atoms with Gasteiger partial charge in [-0.25, -0.2) is 9.69 Å². The number of nitrogens with zero attached hydrogens (tertiary/aromatic N) is 1. The Morgan fingerprint density at radius 1 is 0.778 bits per heavy atom. The summed E-state index contributed by atoms with van der Waals surface area (Å²) < 4.78 is 10.7. The first-order valence-corrected chi connectivity index (χ1v) is 12.0. The maximum Gasteiger partial charge on any atom is 0.379 e. The third-order valence-corrected chi connectivity index (χ3v) is 7.77. The summed E-state index contributed by atoms with van der Waals surface area (Å²) in [6.07, 6.45) is 1.36. The van der Waals surface area contributed by atoms with Crippen LogP contribution in [0.1, 0.15) is 44.6 Å². The van der Waals surface area contributed by atoms with Crippen LogP contribution in [0, 0.1) is 11.8 Å². The van der Waals surface area contributed by atoms with Crippen molar-refractivity contribution < 1.29 is 23.5 Å². The van der Waals surface area contributed by atoms with E-state index in [1.54, 1.807) is 12.1 Å². The van der Waals surface area contributed by atoms with E-state index in [-0.39, 0.29) is 40.8 Å². The second-order valence-electron chi connectivity index (χ2n) is 9.26. The van der Waals surface area contributed by atoms with Crippen LogP contribution in [0.2, 0.25) is 5.02 Å². The number of furan rings is 1. The largest absolute Gasteiger partial charge is 0.457 e. The van der Waals surface area contributed by atoms with Crippen molar-refractivity contribution in [2.75, 3.05) is 4.90 Å². The molecular formula is C29H18ClNO5. The van der Waals surface area contributed by atoms with Gasteiger partial charge in [0, 0.05) is 16.9 Å². The van der Waals surface area contributed by atoms with E-state index >= 15 is 0 Å². The second kappa shape index (κ2) is 7.67. The topological polar surface area (TPSA) is 76.8 Å². The van der Waals surface area contributed by atoms with Crippen LogP contribution in [0.5, 0.6) is 5.75 Å². The predicted molar refractivity (Wildman–Crippen MR) is 131 cm³/mol. The third kappa shape index (κ3) is 2.82. The van der Waals surface area contributed by atoms with Gasteiger partial charge < -0.3 is 9.15 Å². The van der Waals surface area contributed by atoms with Crippen molar-refractivity contribution in [3.8, 4) is 5.75 Å². The lowest BCUT2D eigenvalue weighted by Gasteiger charge is -2.45.